The highest BCUT2D eigenvalue weighted by Crippen LogP contribution is 2.39. The van der Waals surface area contributed by atoms with E-state index in [0.717, 1.165) is 0 Å². The average Bonchev–Trinajstić information content (AvgIpc) is 2.55. The second kappa shape index (κ2) is 6.80. The lowest BCUT2D eigenvalue weighted by molar-refractivity contribution is 0.102. The molecule has 0 aliphatic heterocycles. The molecule has 116 valence electrons. The second-order valence-electron chi connectivity index (χ2n) is 4.32. The fraction of sp³-hybridized carbons (Fsp3) is 0.188. The summed E-state index contributed by atoms with van der Waals surface area (Å²) in [6.07, 6.45) is 0. The van der Waals surface area contributed by atoms with Gasteiger partial charge in [-0.05, 0) is 24.3 Å². The van der Waals surface area contributed by atoms with Gasteiger partial charge in [0.2, 0.25) is 5.75 Å². The van der Waals surface area contributed by atoms with Crippen LogP contribution < -0.4 is 19.5 Å². The molecule has 0 radical (unpaired) electrons. The number of carbonyl (C=O) groups excluding carboxylic acids is 1. The molecule has 5 nitrogen and oxygen atoms in total. The molecule has 22 heavy (non-hydrogen) atoms. The van der Waals surface area contributed by atoms with E-state index in [1.165, 1.54) is 39.5 Å². The zero-order chi connectivity index (χ0) is 16.1. The monoisotopic (exact) mass is 305 g/mol. The minimum atomic E-state index is -0.518. The van der Waals surface area contributed by atoms with E-state index in [0.29, 0.717) is 11.5 Å². The van der Waals surface area contributed by atoms with Gasteiger partial charge in [-0.2, -0.15) is 0 Å². The topological polar surface area (TPSA) is 56.8 Å². The Bertz CT molecular complexity index is 688. The number of nitrogens with one attached hydrogen (secondary N) is 1. The molecule has 0 unspecified atom stereocenters. The van der Waals surface area contributed by atoms with Crippen LogP contribution in [0.1, 0.15) is 10.4 Å². The van der Waals surface area contributed by atoms with Crippen molar-refractivity contribution < 1.29 is 23.4 Å². The van der Waals surface area contributed by atoms with Crippen LogP contribution in [0.5, 0.6) is 17.2 Å². The molecule has 0 spiro atoms. The maximum Gasteiger partial charge on any atom is 0.259 e. The van der Waals surface area contributed by atoms with Crippen LogP contribution in [-0.4, -0.2) is 27.2 Å². The molecular formula is C16H16FNO4. The van der Waals surface area contributed by atoms with E-state index in [1.807, 2.05) is 0 Å². The van der Waals surface area contributed by atoms with Crippen molar-refractivity contribution in [3.63, 3.8) is 0 Å². The molecule has 0 aliphatic rings. The van der Waals surface area contributed by atoms with E-state index in [4.69, 9.17) is 14.2 Å². The molecule has 0 saturated heterocycles. The number of hydrogen-bond donors (Lipinski definition) is 1. The first-order chi connectivity index (χ1) is 10.6. The first-order valence-corrected chi connectivity index (χ1v) is 6.47. The molecule has 0 atom stereocenters. The Morgan fingerprint density at radius 2 is 1.64 bits per heavy atom. The summed E-state index contributed by atoms with van der Waals surface area (Å²) in [5.74, 6) is -0.0816. The number of amides is 1. The van der Waals surface area contributed by atoms with E-state index < -0.39 is 11.7 Å². The number of benzene rings is 2. The van der Waals surface area contributed by atoms with Crippen LogP contribution in [-0.2, 0) is 0 Å². The van der Waals surface area contributed by atoms with Crippen LogP contribution in [0.3, 0.4) is 0 Å². The number of anilines is 1. The van der Waals surface area contributed by atoms with Crippen LogP contribution in [0.4, 0.5) is 10.1 Å². The van der Waals surface area contributed by atoms with Gasteiger partial charge in [-0.1, -0.05) is 12.1 Å². The highest BCUT2D eigenvalue weighted by molar-refractivity contribution is 6.07. The summed E-state index contributed by atoms with van der Waals surface area (Å²) in [7, 11) is 4.34. The summed E-state index contributed by atoms with van der Waals surface area (Å²) < 4.78 is 29.2. The minimum Gasteiger partial charge on any atom is -0.493 e. The summed E-state index contributed by atoms with van der Waals surface area (Å²) in [6.45, 7) is 0. The molecule has 2 aromatic carbocycles. The van der Waals surface area contributed by atoms with Gasteiger partial charge in [-0.25, -0.2) is 4.39 Å². The fourth-order valence-electron chi connectivity index (χ4n) is 2.03. The number of rotatable bonds is 5. The molecule has 1 N–H and O–H groups in total. The van der Waals surface area contributed by atoms with E-state index in [9.17, 15) is 9.18 Å². The summed E-state index contributed by atoms with van der Waals surface area (Å²) in [5, 5.41) is 2.50. The quantitative estimate of drug-likeness (QED) is 0.922. The maximum atomic E-state index is 13.6. The van der Waals surface area contributed by atoms with E-state index in [-0.39, 0.29) is 17.0 Å². The Morgan fingerprint density at radius 1 is 0.955 bits per heavy atom. The van der Waals surface area contributed by atoms with Crippen molar-refractivity contribution in [1.82, 2.24) is 0 Å². The summed E-state index contributed by atoms with van der Waals surface area (Å²) in [5.41, 5.74) is 0.299. The van der Waals surface area contributed by atoms with Gasteiger partial charge in [0.15, 0.2) is 11.5 Å². The van der Waals surface area contributed by atoms with Gasteiger partial charge in [0.1, 0.15) is 5.82 Å². The lowest BCUT2D eigenvalue weighted by Crippen LogP contribution is -2.14. The Labute approximate surface area is 127 Å². The first-order valence-electron chi connectivity index (χ1n) is 6.47. The lowest BCUT2D eigenvalue weighted by Gasteiger charge is -2.15. The normalized spacial score (nSPS) is 10.0. The number of halogens is 1. The van der Waals surface area contributed by atoms with Gasteiger partial charge in [-0.3, -0.25) is 4.79 Å². The van der Waals surface area contributed by atoms with E-state index in [1.54, 1.807) is 18.2 Å². The number of carbonyl (C=O) groups is 1. The number of methoxy groups -OCH3 is 3. The Hall–Kier alpha value is -2.76. The van der Waals surface area contributed by atoms with Crippen LogP contribution in [0.2, 0.25) is 0 Å². The van der Waals surface area contributed by atoms with Gasteiger partial charge in [0, 0.05) is 0 Å². The number of hydrogen-bond acceptors (Lipinski definition) is 4. The van der Waals surface area contributed by atoms with Crippen molar-refractivity contribution in [3.05, 3.63) is 47.8 Å². The predicted molar refractivity (Wildman–Crippen MR) is 80.5 cm³/mol. The molecule has 0 aromatic heterocycles. The van der Waals surface area contributed by atoms with Gasteiger partial charge in [-0.15, -0.1) is 0 Å². The van der Waals surface area contributed by atoms with Crippen molar-refractivity contribution in [2.24, 2.45) is 0 Å². The SMILES string of the molecule is COc1ccc(C(=O)Nc2ccccc2F)c(OC)c1OC. The van der Waals surface area contributed by atoms with Crippen molar-refractivity contribution in [3.8, 4) is 17.2 Å². The Balaban J connectivity index is 2.40. The van der Waals surface area contributed by atoms with Crippen molar-refractivity contribution in [2.45, 2.75) is 0 Å². The van der Waals surface area contributed by atoms with E-state index in [2.05, 4.69) is 5.32 Å². The summed E-state index contributed by atoms with van der Waals surface area (Å²) in [6, 6.07) is 9.02. The molecule has 0 aliphatic carbocycles. The number of para-hydroxylation sites is 1. The minimum absolute atomic E-state index is 0.0873. The van der Waals surface area contributed by atoms with Crippen LogP contribution >= 0.6 is 0 Å². The first kappa shape index (κ1) is 15.6. The molecule has 0 bridgehead atoms. The van der Waals surface area contributed by atoms with Gasteiger partial charge in [0.25, 0.3) is 5.91 Å². The van der Waals surface area contributed by atoms with Crippen LogP contribution in [0.15, 0.2) is 36.4 Å². The van der Waals surface area contributed by atoms with Crippen molar-refractivity contribution >= 4 is 11.6 Å². The Kier molecular flexibility index (Phi) is 4.83. The lowest BCUT2D eigenvalue weighted by atomic mass is 10.1. The molecule has 6 heteroatoms. The molecule has 0 fully saturated rings. The summed E-state index contributed by atoms with van der Waals surface area (Å²) in [4.78, 5) is 12.4. The summed E-state index contributed by atoms with van der Waals surface area (Å²) >= 11 is 0. The van der Waals surface area contributed by atoms with Crippen molar-refractivity contribution in [2.75, 3.05) is 26.6 Å². The van der Waals surface area contributed by atoms with Crippen LogP contribution in [0, 0.1) is 5.82 Å². The molecule has 1 amide bonds. The maximum absolute atomic E-state index is 13.6. The third-order valence-corrected chi connectivity index (χ3v) is 3.07. The molecule has 0 heterocycles. The highest BCUT2D eigenvalue weighted by atomic mass is 19.1. The Morgan fingerprint density at radius 3 is 2.23 bits per heavy atom. The van der Waals surface area contributed by atoms with Crippen LogP contribution in [0.25, 0.3) is 0 Å². The smallest absolute Gasteiger partial charge is 0.259 e. The van der Waals surface area contributed by atoms with Gasteiger partial charge >= 0.3 is 0 Å². The zero-order valence-corrected chi connectivity index (χ0v) is 12.5. The molecule has 0 saturated carbocycles. The third kappa shape index (κ3) is 2.95. The van der Waals surface area contributed by atoms with Gasteiger partial charge in [0.05, 0.1) is 32.6 Å². The largest absolute Gasteiger partial charge is 0.493 e. The highest BCUT2D eigenvalue weighted by Gasteiger charge is 2.21. The standard InChI is InChI=1S/C16H16FNO4/c1-20-13-9-8-10(14(21-2)15(13)22-3)16(19)18-12-7-5-4-6-11(12)17/h4-9H,1-3H3,(H,18,19). The van der Waals surface area contributed by atoms with Crippen molar-refractivity contribution in [1.29, 1.82) is 0 Å². The fourth-order valence-corrected chi connectivity index (χ4v) is 2.03. The second-order valence-corrected chi connectivity index (χ2v) is 4.32. The average molecular weight is 305 g/mol. The van der Waals surface area contributed by atoms with Gasteiger partial charge < -0.3 is 19.5 Å². The predicted octanol–water partition coefficient (Wildman–Crippen LogP) is 3.10. The third-order valence-electron chi connectivity index (χ3n) is 3.07. The van der Waals surface area contributed by atoms with E-state index >= 15 is 0 Å². The molecule has 2 rings (SSSR count). The molecular weight excluding hydrogens is 289 g/mol. The molecule has 2 aromatic rings. The zero-order valence-electron chi connectivity index (χ0n) is 12.5. The number of ether oxygens (including phenoxy) is 3.